The second-order valence-electron chi connectivity index (χ2n) is 5.86. The van der Waals surface area contributed by atoms with Gasteiger partial charge in [0, 0.05) is 18.4 Å². The number of thioether (sulfide) groups is 1. The summed E-state index contributed by atoms with van der Waals surface area (Å²) in [6, 6.07) is 9.50. The van der Waals surface area contributed by atoms with Crippen LogP contribution in [0.1, 0.15) is 24.9 Å². The number of carbonyl (C=O) groups excluding carboxylic acids is 1. The third-order valence-electron chi connectivity index (χ3n) is 3.73. The molecule has 2 heterocycles. The highest BCUT2D eigenvalue weighted by Gasteiger charge is 2.14. The molecule has 1 amide bonds. The number of nitrogens with one attached hydrogen (secondary N) is 1. The Morgan fingerprint density at radius 3 is 2.86 bits per heavy atom. The van der Waals surface area contributed by atoms with Crippen LogP contribution in [0.4, 0.5) is 5.13 Å². The molecule has 3 aromatic rings. The van der Waals surface area contributed by atoms with Gasteiger partial charge in [0.05, 0.1) is 28.3 Å². The Labute approximate surface area is 176 Å². The van der Waals surface area contributed by atoms with Crippen molar-refractivity contribution in [1.29, 1.82) is 5.26 Å². The van der Waals surface area contributed by atoms with Crippen LogP contribution >= 0.6 is 23.1 Å². The SMILES string of the molecule is CCOc1ccc(-c2noc(CCC(=O)Nc3nc(C)c(SCC#N)s3)n2)cc1. The first kappa shape index (κ1) is 20.8. The minimum absolute atomic E-state index is 0.184. The van der Waals surface area contributed by atoms with Crippen molar-refractivity contribution in [2.24, 2.45) is 0 Å². The molecule has 0 aliphatic carbocycles. The van der Waals surface area contributed by atoms with Gasteiger partial charge in [-0.2, -0.15) is 10.2 Å². The second-order valence-corrected chi connectivity index (χ2v) is 8.10. The smallest absolute Gasteiger partial charge is 0.227 e. The standard InChI is InChI=1S/C19H19N5O3S2/c1-3-26-14-6-4-13(5-7-14)17-23-16(27-24-17)9-8-15(25)22-19-21-12(2)18(29-19)28-11-10-20/h4-7H,3,8-9,11H2,1-2H3,(H,21,22,25). The maximum Gasteiger partial charge on any atom is 0.227 e. The molecule has 0 fully saturated rings. The van der Waals surface area contributed by atoms with Gasteiger partial charge in [0.15, 0.2) is 5.13 Å². The average Bonchev–Trinajstić information content (AvgIpc) is 3.32. The van der Waals surface area contributed by atoms with E-state index in [9.17, 15) is 4.79 Å². The van der Waals surface area contributed by atoms with E-state index in [4.69, 9.17) is 14.5 Å². The van der Waals surface area contributed by atoms with Gasteiger partial charge in [-0.05, 0) is 38.1 Å². The normalized spacial score (nSPS) is 10.5. The molecule has 0 radical (unpaired) electrons. The van der Waals surface area contributed by atoms with Crippen LogP contribution in [0.15, 0.2) is 33.0 Å². The summed E-state index contributed by atoms with van der Waals surface area (Å²) in [7, 11) is 0. The number of aromatic nitrogens is 3. The lowest BCUT2D eigenvalue weighted by Crippen LogP contribution is -2.12. The summed E-state index contributed by atoms with van der Waals surface area (Å²) in [5, 5.41) is 15.9. The van der Waals surface area contributed by atoms with E-state index in [1.807, 2.05) is 38.1 Å². The first-order valence-corrected chi connectivity index (χ1v) is 10.7. The van der Waals surface area contributed by atoms with Gasteiger partial charge in [0.25, 0.3) is 0 Å². The largest absolute Gasteiger partial charge is 0.494 e. The summed E-state index contributed by atoms with van der Waals surface area (Å²) < 4.78 is 11.6. The van der Waals surface area contributed by atoms with Gasteiger partial charge in [-0.15, -0.1) is 0 Å². The molecule has 0 saturated carbocycles. The van der Waals surface area contributed by atoms with Gasteiger partial charge in [-0.3, -0.25) is 4.79 Å². The van der Waals surface area contributed by atoms with E-state index in [1.165, 1.54) is 23.1 Å². The van der Waals surface area contributed by atoms with Crippen molar-refractivity contribution in [2.75, 3.05) is 17.7 Å². The van der Waals surface area contributed by atoms with Crippen LogP contribution in [0.5, 0.6) is 5.75 Å². The number of anilines is 1. The van der Waals surface area contributed by atoms with Crippen molar-refractivity contribution < 1.29 is 14.1 Å². The van der Waals surface area contributed by atoms with Gasteiger partial charge >= 0.3 is 0 Å². The molecule has 0 aliphatic rings. The van der Waals surface area contributed by atoms with Crippen molar-refractivity contribution in [2.45, 2.75) is 30.9 Å². The highest BCUT2D eigenvalue weighted by Crippen LogP contribution is 2.31. The Morgan fingerprint density at radius 1 is 1.34 bits per heavy atom. The van der Waals surface area contributed by atoms with Crippen molar-refractivity contribution in [3.05, 3.63) is 35.9 Å². The van der Waals surface area contributed by atoms with E-state index >= 15 is 0 Å². The van der Waals surface area contributed by atoms with Gasteiger partial charge < -0.3 is 14.6 Å². The van der Waals surface area contributed by atoms with Gasteiger partial charge in [0.1, 0.15) is 5.75 Å². The molecule has 0 bridgehead atoms. The number of nitrogens with zero attached hydrogens (tertiary/aromatic N) is 4. The third kappa shape index (κ3) is 5.79. The minimum atomic E-state index is -0.184. The predicted octanol–water partition coefficient (Wildman–Crippen LogP) is 4.09. The van der Waals surface area contributed by atoms with Crippen molar-refractivity contribution in [1.82, 2.24) is 15.1 Å². The fourth-order valence-electron chi connectivity index (χ4n) is 2.41. The summed E-state index contributed by atoms with van der Waals surface area (Å²) in [5.74, 6) is 1.81. The van der Waals surface area contributed by atoms with Crippen LogP contribution in [0.25, 0.3) is 11.4 Å². The number of nitriles is 1. The Kier molecular flexibility index (Phi) is 7.21. The lowest BCUT2D eigenvalue weighted by atomic mass is 10.2. The lowest BCUT2D eigenvalue weighted by Gasteiger charge is -2.02. The number of hydrogen-bond donors (Lipinski definition) is 1. The molecule has 1 N–H and O–H groups in total. The quantitative estimate of drug-likeness (QED) is 0.506. The molecule has 10 heteroatoms. The topological polar surface area (TPSA) is 114 Å². The van der Waals surface area contributed by atoms with E-state index in [-0.39, 0.29) is 12.3 Å². The molecule has 8 nitrogen and oxygen atoms in total. The number of thiazole rings is 1. The third-order valence-corrected chi connectivity index (χ3v) is 6.03. The van der Waals surface area contributed by atoms with E-state index in [0.717, 1.165) is 21.2 Å². The first-order chi connectivity index (χ1) is 14.1. The van der Waals surface area contributed by atoms with E-state index in [2.05, 4.69) is 26.5 Å². The summed E-state index contributed by atoms with van der Waals surface area (Å²) in [4.78, 5) is 20.8. The van der Waals surface area contributed by atoms with Crippen molar-refractivity contribution >= 4 is 34.1 Å². The number of carbonyl (C=O) groups is 1. The maximum absolute atomic E-state index is 12.2. The Hall–Kier alpha value is -2.90. The monoisotopic (exact) mass is 429 g/mol. The fourth-order valence-corrected chi connectivity index (χ4v) is 4.23. The molecule has 29 heavy (non-hydrogen) atoms. The van der Waals surface area contributed by atoms with Gasteiger partial charge in [-0.1, -0.05) is 28.3 Å². The molecule has 0 aliphatic heterocycles. The molecule has 1 aromatic carbocycles. The Balaban J connectivity index is 1.53. The molecule has 0 spiro atoms. The molecule has 0 unspecified atom stereocenters. The first-order valence-electron chi connectivity index (χ1n) is 8.92. The van der Waals surface area contributed by atoms with Gasteiger partial charge in [-0.25, -0.2) is 4.98 Å². The number of hydrogen-bond acceptors (Lipinski definition) is 9. The van der Waals surface area contributed by atoms with Crippen molar-refractivity contribution in [3.8, 4) is 23.2 Å². The molecule has 2 aromatic heterocycles. The summed E-state index contributed by atoms with van der Waals surface area (Å²) in [5.41, 5.74) is 1.62. The molecular weight excluding hydrogens is 410 g/mol. The van der Waals surface area contributed by atoms with Crippen LogP contribution in [-0.2, 0) is 11.2 Å². The predicted molar refractivity (Wildman–Crippen MR) is 111 cm³/mol. The van der Waals surface area contributed by atoms with Crippen molar-refractivity contribution in [3.63, 3.8) is 0 Å². The number of benzene rings is 1. The van der Waals surface area contributed by atoms with Gasteiger partial charge in [0.2, 0.25) is 17.6 Å². The van der Waals surface area contributed by atoms with Crippen LogP contribution < -0.4 is 10.1 Å². The molecule has 150 valence electrons. The summed E-state index contributed by atoms with van der Waals surface area (Å²) >= 11 is 2.77. The zero-order valence-electron chi connectivity index (χ0n) is 16.0. The molecule has 3 rings (SSSR count). The Bertz CT molecular complexity index is 1010. The highest BCUT2D eigenvalue weighted by molar-refractivity contribution is 8.01. The Morgan fingerprint density at radius 2 is 2.14 bits per heavy atom. The maximum atomic E-state index is 12.2. The van der Waals surface area contributed by atoms with Crippen LogP contribution in [0.2, 0.25) is 0 Å². The highest BCUT2D eigenvalue weighted by atomic mass is 32.2. The van der Waals surface area contributed by atoms with E-state index in [0.29, 0.717) is 35.6 Å². The average molecular weight is 430 g/mol. The summed E-state index contributed by atoms with van der Waals surface area (Å²) in [6.45, 7) is 4.39. The van der Waals surface area contributed by atoms with Crippen LogP contribution in [0.3, 0.4) is 0 Å². The number of rotatable bonds is 9. The fraction of sp³-hybridized carbons (Fsp3) is 0.316. The molecule has 0 atom stereocenters. The van der Waals surface area contributed by atoms with E-state index < -0.39 is 0 Å². The summed E-state index contributed by atoms with van der Waals surface area (Å²) in [6.07, 6.45) is 0.528. The number of amides is 1. The zero-order valence-corrected chi connectivity index (χ0v) is 17.6. The number of aryl methyl sites for hydroxylation is 2. The van der Waals surface area contributed by atoms with E-state index in [1.54, 1.807) is 0 Å². The molecule has 0 saturated heterocycles. The van der Waals surface area contributed by atoms with Crippen LogP contribution in [0, 0.1) is 18.3 Å². The lowest BCUT2D eigenvalue weighted by molar-refractivity contribution is -0.116. The molecular formula is C19H19N5O3S2. The zero-order chi connectivity index (χ0) is 20.6. The van der Waals surface area contributed by atoms with Crippen LogP contribution in [-0.4, -0.2) is 33.4 Å². The minimum Gasteiger partial charge on any atom is -0.494 e. The number of ether oxygens (including phenoxy) is 1. The second kappa shape index (κ2) is 10.0.